The summed E-state index contributed by atoms with van der Waals surface area (Å²) in [6, 6.07) is 4.67. The van der Waals surface area contributed by atoms with Gasteiger partial charge in [0, 0.05) is 17.9 Å². The predicted octanol–water partition coefficient (Wildman–Crippen LogP) is 3.99. The highest BCUT2D eigenvalue weighted by Crippen LogP contribution is 2.52. The Hall–Kier alpha value is -1.09. The van der Waals surface area contributed by atoms with E-state index in [-0.39, 0.29) is 23.4 Å². The summed E-state index contributed by atoms with van der Waals surface area (Å²) >= 11 is 0. The van der Waals surface area contributed by atoms with Gasteiger partial charge >= 0.3 is 0 Å². The summed E-state index contributed by atoms with van der Waals surface area (Å²) in [5.74, 6) is 0.367. The minimum atomic E-state index is -0.264. The maximum atomic E-state index is 13.4. The summed E-state index contributed by atoms with van der Waals surface area (Å²) in [5.41, 5.74) is 0.867. The smallest absolute Gasteiger partial charge is 0.126 e. The van der Waals surface area contributed by atoms with Gasteiger partial charge in [0.1, 0.15) is 17.7 Å². The number of hydrogen-bond donors (Lipinski definition) is 1. The molecule has 0 heterocycles. The average molecular weight is 278 g/mol. The molecule has 2 fully saturated rings. The highest BCUT2D eigenvalue weighted by atomic mass is 19.1. The van der Waals surface area contributed by atoms with Crippen LogP contribution in [-0.2, 0) is 0 Å². The first-order valence-corrected chi connectivity index (χ1v) is 7.73. The summed E-state index contributed by atoms with van der Waals surface area (Å²) in [6.45, 7) is 1.93. The summed E-state index contributed by atoms with van der Waals surface area (Å²) in [6.07, 6.45) is 7.37. The van der Waals surface area contributed by atoms with Gasteiger partial charge in [-0.1, -0.05) is 31.7 Å². The Kier molecular flexibility index (Phi) is 3.72. The highest BCUT2D eigenvalue weighted by molar-refractivity contribution is 5.33. The molecule has 3 rings (SSSR count). The van der Waals surface area contributed by atoms with Crippen LogP contribution in [0, 0.1) is 18.2 Å². The lowest BCUT2D eigenvalue weighted by Crippen LogP contribution is -2.59. The molecule has 110 valence electrons. The van der Waals surface area contributed by atoms with E-state index in [0.717, 1.165) is 18.4 Å². The molecule has 1 aromatic rings. The topological polar surface area (TPSA) is 29.5 Å². The Labute approximate surface area is 120 Å². The predicted molar refractivity (Wildman–Crippen MR) is 76.3 cm³/mol. The molecule has 2 unspecified atom stereocenters. The van der Waals surface area contributed by atoms with Crippen LogP contribution in [0.2, 0.25) is 0 Å². The maximum absolute atomic E-state index is 13.4. The van der Waals surface area contributed by atoms with Crippen LogP contribution in [0.3, 0.4) is 0 Å². The third-order valence-electron chi connectivity index (χ3n) is 5.20. The fraction of sp³-hybridized carbons (Fsp3) is 0.647. The van der Waals surface area contributed by atoms with E-state index in [1.165, 1.54) is 37.8 Å². The number of ether oxygens (including phenoxy) is 1. The molecule has 0 bridgehead atoms. The lowest BCUT2D eigenvalue weighted by atomic mass is 9.59. The van der Waals surface area contributed by atoms with E-state index in [2.05, 4.69) is 0 Å². The van der Waals surface area contributed by atoms with Crippen molar-refractivity contribution < 1.29 is 14.2 Å². The second kappa shape index (κ2) is 5.36. The van der Waals surface area contributed by atoms with Gasteiger partial charge in [-0.05, 0) is 31.4 Å². The van der Waals surface area contributed by atoms with Gasteiger partial charge in [-0.15, -0.1) is 0 Å². The van der Waals surface area contributed by atoms with Crippen molar-refractivity contribution in [2.75, 3.05) is 0 Å². The zero-order valence-corrected chi connectivity index (χ0v) is 12.1. The van der Waals surface area contributed by atoms with E-state index in [4.69, 9.17) is 4.74 Å². The van der Waals surface area contributed by atoms with Crippen LogP contribution in [0.15, 0.2) is 18.2 Å². The molecule has 2 aliphatic rings. The number of rotatable bonds is 2. The molecule has 20 heavy (non-hydrogen) atoms. The Bertz CT molecular complexity index is 478. The van der Waals surface area contributed by atoms with E-state index >= 15 is 0 Å². The van der Waals surface area contributed by atoms with Gasteiger partial charge < -0.3 is 9.84 Å². The number of hydrogen-bond acceptors (Lipinski definition) is 2. The van der Waals surface area contributed by atoms with Crippen molar-refractivity contribution in [1.29, 1.82) is 0 Å². The van der Waals surface area contributed by atoms with E-state index in [9.17, 15) is 9.50 Å². The third-order valence-corrected chi connectivity index (χ3v) is 5.20. The average Bonchev–Trinajstić information content (AvgIpc) is 2.70. The SMILES string of the molecule is Cc1ccc(F)cc1OC1CC(O)C12CCCCCC2. The molecule has 0 aliphatic heterocycles. The molecule has 1 spiro atoms. The minimum Gasteiger partial charge on any atom is -0.489 e. The first-order valence-electron chi connectivity index (χ1n) is 7.73. The van der Waals surface area contributed by atoms with E-state index in [1.807, 2.05) is 6.92 Å². The molecule has 2 nitrogen and oxygen atoms in total. The van der Waals surface area contributed by atoms with Crippen molar-refractivity contribution in [3.63, 3.8) is 0 Å². The largest absolute Gasteiger partial charge is 0.489 e. The van der Waals surface area contributed by atoms with E-state index < -0.39 is 0 Å². The molecule has 0 aromatic heterocycles. The second-order valence-electron chi connectivity index (χ2n) is 6.42. The lowest BCUT2D eigenvalue weighted by molar-refractivity contribution is -0.163. The van der Waals surface area contributed by atoms with Gasteiger partial charge in [0.05, 0.1) is 6.10 Å². The van der Waals surface area contributed by atoms with Crippen molar-refractivity contribution in [2.24, 2.45) is 5.41 Å². The van der Waals surface area contributed by atoms with Gasteiger partial charge in [-0.25, -0.2) is 4.39 Å². The third kappa shape index (κ3) is 2.32. The van der Waals surface area contributed by atoms with Crippen LogP contribution in [0.25, 0.3) is 0 Å². The summed E-state index contributed by atoms with van der Waals surface area (Å²) in [5, 5.41) is 10.3. The monoisotopic (exact) mass is 278 g/mol. The van der Waals surface area contributed by atoms with Crippen LogP contribution < -0.4 is 4.74 Å². The van der Waals surface area contributed by atoms with E-state index in [0.29, 0.717) is 12.2 Å². The van der Waals surface area contributed by atoms with Crippen LogP contribution in [0.1, 0.15) is 50.5 Å². The molecule has 3 heteroatoms. The van der Waals surface area contributed by atoms with Gasteiger partial charge in [0.2, 0.25) is 0 Å². The maximum Gasteiger partial charge on any atom is 0.126 e. The number of benzene rings is 1. The summed E-state index contributed by atoms with van der Waals surface area (Å²) in [4.78, 5) is 0. The zero-order chi connectivity index (χ0) is 14.2. The molecule has 2 aliphatic carbocycles. The van der Waals surface area contributed by atoms with Gasteiger partial charge in [-0.3, -0.25) is 0 Å². The van der Waals surface area contributed by atoms with Gasteiger partial charge in [0.25, 0.3) is 0 Å². The Balaban J connectivity index is 1.78. The molecule has 0 radical (unpaired) electrons. The molecule has 1 N–H and O–H groups in total. The number of halogens is 1. The van der Waals surface area contributed by atoms with Crippen molar-refractivity contribution in [3.8, 4) is 5.75 Å². The van der Waals surface area contributed by atoms with Gasteiger partial charge in [0.15, 0.2) is 0 Å². The molecule has 0 amide bonds. The lowest BCUT2D eigenvalue weighted by Gasteiger charge is -2.53. The van der Waals surface area contributed by atoms with E-state index in [1.54, 1.807) is 6.07 Å². The van der Waals surface area contributed by atoms with Crippen molar-refractivity contribution >= 4 is 0 Å². The number of aliphatic hydroxyl groups excluding tert-OH is 1. The van der Waals surface area contributed by atoms with Gasteiger partial charge in [-0.2, -0.15) is 0 Å². The van der Waals surface area contributed by atoms with Crippen LogP contribution in [0.4, 0.5) is 4.39 Å². The molecular formula is C17H23FO2. The quantitative estimate of drug-likeness (QED) is 0.886. The minimum absolute atomic E-state index is 0.0381. The standard InChI is InChI=1S/C17H23FO2/c1-12-6-7-13(18)10-14(12)20-16-11-15(19)17(16)8-4-2-3-5-9-17/h6-7,10,15-16,19H,2-5,8-9,11H2,1H3. The molecule has 2 atom stereocenters. The fourth-order valence-electron chi connectivity index (χ4n) is 3.79. The fourth-order valence-corrected chi connectivity index (χ4v) is 3.79. The number of aryl methyl sites for hydroxylation is 1. The number of aliphatic hydroxyl groups is 1. The molecule has 1 aromatic carbocycles. The van der Waals surface area contributed by atoms with Crippen LogP contribution in [0.5, 0.6) is 5.75 Å². The Morgan fingerprint density at radius 2 is 1.90 bits per heavy atom. The van der Waals surface area contributed by atoms with Crippen LogP contribution in [-0.4, -0.2) is 17.3 Å². The summed E-state index contributed by atoms with van der Waals surface area (Å²) in [7, 11) is 0. The molecule has 0 saturated heterocycles. The first kappa shape index (κ1) is 13.9. The molecular weight excluding hydrogens is 255 g/mol. The summed E-state index contributed by atoms with van der Waals surface area (Å²) < 4.78 is 19.4. The first-order chi connectivity index (χ1) is 9.62. The molecule has 2 saturated carbocycles. The van der Waals surface area contributed by atoms with Crippen LogP contribution >= 0.6 is 0 Å². The van der Waals surface area contributed by atoms with Crippen molar-refractivity contribution in [1.82, 2.24) is 0 Å². The van der Waals surface area contributed by atoms with Crippen molar-refractivity contribution in [2.45, 2.75) is 64.1 Å². The highest BCUT2D eigenvalue weighted by Gasteiger charge is 2.55. The Morgan fingerprint density at radius 3 is 2.55 bits per heavy atom. The van der Waals surface area contributed by atoms with Crippen molar-refractivity contribution in [3.05, 3.63) is 29.6 Å². The normalized spacial score (nSPS) is 28.8. The second-order valence-corrected chi connectivity index (χ2v) is 6.42. The Morgan fingerprint density at radius 1 is 1.20 bits per heavy atom. The zero-order valence-electron chi connectivity index (χ0n) is 12.1.